The van der Waals surface area contributed by atoms with Gasteiger partial charge in [0.2, 0.25) is 5.88 Å². The quantitative estimate of drug-likeness (QED) is 0.406. The Bertz CT molecular complexity index is 1150. The van der Waals surface area contributed by atoms with Crippen LogP contribution >= 0.6 is 23.2 Å². The lowest BCUT2D eigenvalue weighted by atomic mass is 10.1. The minimum atomic E-state index is 0.0624. The van der Waals surface area contributed by atoms with Gasteiger partial charge in [0, 0.05) is 30.2 Å². The van der Waals surface area contributed by atoms with Crippen molar-refractivity contribution < 1.29 is 18.9 Å². The van der Waals surface area contributed by atoms with Crippen molar-refractivity contribution in [1.29, 1.82) is 0 Å². The molecule has 0 amide bonds. The second-order valence-electron chi connectivity index (χ2n) is 8.11. The van der Waals surface area contributed by atoms with Crippen LogP contribution in [0.4, 0.5) is 5.95 Å². The third-order valence-electron chi connectivity index (χ3n) is 5.71. The number of nitrogens with zero attached hydrogens (tertiary/aromatic N) is 4. The fourth-order valence-corrected chi connectivity index (χ4v) is 4.36. The van der Waals surface area contributed by atoms with Crippen molar-refractivity contribution in [1.82, 2.24) is 15.0 Å². The highest BCUT2D eigenvalue weighted by atomic mass is 35.5. The second kappa shape index (κ2) is 9.37. The van der Waals surface area contributed by atoms with E-state index in [1.807, 2.05) is 6.07 Å². The summed E-state index contributed by atoms with van der Waals surface area (Å²) in [7, 11) is 3.06. The van der Waals surface area contributed by atoms with Gasteiger partial charge in [0.25, 0.3) is 0 Å². The van der Waals surface area contributed by atoms with Crippen molar-refractivity contribution >= 4 is 40.1 Å². The van der Waals surface area contributed by atoms with Gasteiger partial charge in [0.1, 0.15) is 11.5 Å². The molecule has 1 aliphatic carbocycles. The Hall–Kier alpha value is -2.55. The molecule has 1 atom stereocenters. The molecule has 3 aromatic rings. The number of hydrogen-bond donors (Lipinski definition) is 0. The van der Waals surface area contributed by atoms with E-state index < -0.39 is 0 Å². The molecule has 174 valence electrons. The van der Waals surface area contributed by atoms with Gasteiger partial charge in [-0.15, -0.1) is 0 Å². The van der Waals surface area contributed by atoms with Crippen LogP contribution in [-0.4, -0.2) is 55.0 Å². The molecule has 0 radical (unpaired) electrons. The topological polar surface area (TPSA) is 89.7 Å². The summed E-state index contributed by atoms with van der Waals surface area (Å²) >= 11 is 13.3. The maximum atomic E-state index is 6.64. The first kappa shape index (κ1) is 22.3. The van der Waals surface area contributed by atoms with Crippen molar-refractivity contribution in [3.8, 4) is 28.6 Å². The predicted molar refractivity (Wildman–Crippen MR) is 126 cm³/mol. The molecule has 5 rings (SSSR count). The van der Waals surface area contributed by atoms with E-state index in [2.05, 4.69) is 15.3 Å². The highest BCUT2D eigenvalue weighted by Crippen LogP contribution is 2.46. The van der Waals surface area contributed by atoms with Crippen LogP contribution in [0.3, 0.4) is 0 Å². The number of rotatable bonds is 8. The summed E-state index contributed by atoms with van der Waals surface area (Å²) in [5.74, 6) is 2.18. The first-order valence-electron chi connectivity index (χ1n) is 10.8. The molecule has 2 aliphatic rings. The summed E-state index contributed by atoms with van der Waals surface area (Å²) in [6, 6.07) is 3.53. The lowest BCUT2D eigenvalue weighted by molar-refractivity contribution is 0.196. The van der Waals surface area contributed by atoms with E-state index >= 15 is 0 Å². The summed E-state index contributed by atoms with van der Waals surface area (Å²) in [5.41, 5.74) is 1.59. The molecule has 2 aromatic heterocycles. The first-order chi connectivity index (χ1) is 16.1. The molecule has 3 heterocycles. The zero-order chi connectivity index (χ0) is 22.9. The molecule has 33 heavy (non-hydrogen) atoms. The van der Waals surface area contributed by atoms with Crippen molar-refractivity contribution in [2.45, 2.75) is 25.3 Å². The summed E-state index contributed by atoms with van der Waals surface area (Å²) in [5, 5.41) is 6.00. The number of hydrogen-bond acceptors (Lipinski definition) is 7. The Morgan fingerprint density at radius 3 is 2.45 bits per heavy atom. The van der Waals surface area contributed by atoms with Gasteiger partial charge in [-0.1, -0.05) is 23.2 Å². The van der Waals surface area contributed by atoms with Crippen LogP contribution in [0.15, 0.2) is 18.3 Å². The highest BCUT2D eigenvalue weighted by Gasteiger charge is 2.24. The highest BCUT2D eigenvalue weighted by molar-refractivity contribution is 6.41. The zero-order valence-corrected chi connectivity index (χ0v) is 19.8. The molecule has 1 saturated heterocycles. The van der Waals surface area contributed by atoms with E-state index in [9.17, 15) is 0 Å². The minimum Gasteiger partial charge on any atom is -0.495 e. The van der Waals surface area contributed by atoms with E-state index in [1.165, 1.54) is 14.2 Å². The van der Waals surface area contributed by atoms with Crippen molar-refractivity contribution in [2.75, 3.05) is 34.0 Å². The minimum absolute atomic E-state index is 0.0624. The molecule has 2 fully saturated rings. The van der Waals surface area contributed by atoms with E-state index in [-0.39, 0.29) is 6.04 Å². The summed E-state index contributed by atoms with van der Waals surface area (Å²) in [6.45, 7) is 1.85. The largest absolute Gasteiger partial charge is 0.495 e. The van der Waals surface area contributed by atoms with Crippen LogP contribution < -0.4 is 14.2 Å². The average Bonchev–Trinajstić information content (AvgIpc) is 3.52. The van der Waals surface area contributed by atoms with Gasteiger partial charge in [-0.2, -0.15) is 0 Å². The lowest BCUT2D eigenvalue weighted by Crippen LogP contribution is -2.06. The van der Waals surface area contributed by atoms with Gasteiger partial charge < -0.3 is 34.2 Å². The van der Waals surface area contributed by atoms with E-state index in [1.54, 1.807) is 12.3 Å². The number of ether oxygens (including phenoxy) is 4. The smallest absolute Gasteiger partial charge is 0.224 e. The fraction of sp³-hybridized carbons (Fsp3) is 0.435. The Morgan fingerprint density at radius 1 is 1.06 bits per heavy atom. The molecule has 0 N–H and O–H groups in total. The van der Waals surface area contributed by atoms with Gasteiger partial charge in [-0.05, 0) is 42.8 Å². The molecule has 1 aliphatic heterocycles. The number of benzene rings is 1. The van der Waals surface area contributed by atoms with Crippen molar-refractivity contribution in [3.05, 3.63) is 33.7 Å². The lowest BCUT2D eigenvalue weighted by Gasteiger charge is -2.20. The summed E-state index contributed by atoms with van der Waals surface area (Å²) in [6.07, 6.45) is 4.88. The van der Waals surface area contributed by atoms with Gasteiger partial charge in [0.15, 0.2) is 0 Å². The molecule has 1 unspecified atom stereocenters. The molecule has 1 saturated carbocycles. The van der Waals surface area contributed by atoms with Crippen LogP contribution in [0, 0.1) is 5.92 Å². The van der Waals surface area contributed by atoms with E-state index in [0.717, 1.165) is 24.6 Å². The molecule has 0 bridgehead atoms. The second-order valence-corrected chi connectivity index (χ2v) is 8.86. The number of methoxy groups -OCH3 is 2. The normalized spacial score (nSPS) is 17.9. The molecule has 10 heteroatoms. The number of halogens is 2. The number of fused-ring (bicyclic) bond motifs is 1. The molecule has 1 aromatic carbocycles. The van der Waals surface area contributed by atoms with E-state index in [0.29, 0.717) is 75.9 Å². The maximum absolute atomic E-state index is 6.64. The van der Waals surface area contributed by atoms with Crippen molar-refractivity contribution in [3.63, 3.8) is 0 Å². The Balaban J connectivity index is 1.61. The van der Waals surface area contributed by atoms with Crippen LogP contribution in [0.5, 0.6) is 17.4 Å². The summed E-state index contributed by atoms with van der Waals surface area (Å²) < 4.78 is 22.3. The summed E-state index contributed by atoms with van der Waals surface area (Å²) in [4.78, 5) is 13.8. The number of pyridine rings is 1. The average molecular weight is 490 g/mol. The van der Waals surface area contributed by atoms with Crippen LogP contribution in [0.1, 0.15) is 19.3 Å². The van der Waals surface area contributed by atoms with Crippen LogP contribution in [-0.2, 0) is 4.74 Å². The van der Waals surface area contributed by atoms with Crippen molar-refractivity contribution in [2.24, 2.45) is 5.92 Å². The standard InChI is InChI=1S/C23H23Cl2N4O4/c1-30-16-8-17(31-2)20(25)18(19(16)24)15-7-13-9-26-23(27-14-5-6-32-11-14)29-21(13)22(28-15)33-10-12-3-4-12/h7-9,12,14H,3-6,10-11H2,1-2H3/q-1. The van der Waals surface area contributed by atoms with Gasteiger partial charge >= 0.3 is 0 Å². The predicted octanol–water partition coefficient (Wildman–Crippen LogP) is 5.60. The molecule has 8 nitrogen and oxygen atoms in total. The SMILES string of the molecule is COc1cc(OC)c(Cl)c(-c2cc3cnc([N-]C4CCOC4)nc3c(OCC3CC3)n2)c1Cl. The molecular weight excluding hydrogens is 467 g/mol. The first-order valence-corrected chi connectivity index (χ1v) is 11.5. The fourth-order valence-electron chi connectivity index (χ4n) is 3.67. The van der Waals surface area contributed by atoms with Crippen LogP contribution in [0.25, 0.3) is 27.5 Å². The maximum Gasteiger partial charge on any atom is 0.224 e. The zero-order valence-electron chi connectivity index (χ0n) is 18.3. The van der Waals surface area contributed by atoms with Crippen LogP contribution in [0.2, 0.25) is 10.0 Å². The van der Waals surface area contributed by atoms with Gasteiger partial charge in [-0.25, -0.2) is 4.98 Å². The Labute approximate surface area is 201 Å². The Morgan fingerprint density at radius 2 is 1.82 bits per heavy atom. The molecular formula is C23H23Cl2N4O4-. The van der Waals surface area contributed by atoms with E-state index in [4.69, 9.17) is 47.1 Å². The third-order valence-corrected chi connectivity index (χ3v) is 6.46. The Kier molecular flexibility index (Phi) is 6.32. The van der Waals surface area contributed by atoms with Gasteiger partial charge in [-0.3, -0.25) is 0 Å². The number of aromatic nitrogens is 3. The van der Waals surface area contributed by atoms with Gasteiger partial charge in [0.05, 0.1) is 48.7 Å². The monoisotopic (exact) mass is 489 g/mol. The molecule has 0 spiro atoms. The third kappa shape index (κ3) is 4.60.